The average Bonchev–Trinajstić information content (AvgIpc) is 2.68. The summed E-state index contributed by atoms with van der Waals surface area (Å²) in [4.78, 5) is 0. The molecule has 1 aromatic carbocycles. The van der Waals surface area contributed by atoms with Gasteiger partial charge in [-0.2, -0.15) is 0 Å². The molecule has 0 saturated carbocycles. The Balaban J connectivity index is 2.30. The van der Waals surface area contributed by atoms with Crippen molar-refractivity contribution in [3.8, 4) is 0 Å². The van der Waals surface area contributed by atoms with Crippen LogP contribution in [0.2, 0.25) is 0 Å². The summed E-state index contributed by atoms with van der Waals surface area (Å²) in [5.74, 6) is 0. The molecule has 0 unspecified atom stereocenters. The molecule has 16 heavy (non-hydrogen) atoms. The molecule has 0 amide bonds. The van der Waals surface area contributed by atoms with E-state index in [9.17, 15) is 5.11 Å². The number of aliphatic hydroxyl groups is 2. The van der Waals surface area contributed by atoms with Gasteiger partial charge in [0.15, 0.2) is 0 Å². The van der Waals surface area contributed by atoms with Gasteiger partial charge >= 0.3 is 0 Å². The molecular formula is C13H17NO2. The Morgan fingerprint density at radius 1 is 1.06 bits per heavy atom. The number of aryl methyl sites for hydroxylation is 1. The van der Waals surface area contributed by atoms with E-state index in [1.165, 1.54) is 0 Å². The van der Waals surface area contributed by atoms with Crippen LogP contribution in [0.25, 0.3) is 10.9 Å². The van der Waals surface area contributed by atoms with Gasteiger partial charge in [0, 0.05) is 35.8 Å². The van der Waals surface area contributed by atoms with Crippen molar-refractivity contribution in [2.75, 3.05) is 6.61 Å². The van der Waals surface area contributed by atoms with Gasteiger partial charge in [-0.05, 0) is 18.9 Å². The van der Waals surface area contributed by atoms with Crippen molar-refractivity contribution < 1.29 is 10.2 Å². The number of unbranched alkanes of at least 4 members (excludes halogenated alkanes) is 1. The van der Waals surface area contributed by atoms with Crippen LogP contribution in [0, 0.1) is 0 Å². The Morgan fingerprint density at radius 2 is 1.88 bits per heavy atom. The van der Waals surface area contributed by atoms with Crippen LogP contribution in [-0.4, -0.2) is 21.4 Å². The third kappa shape index (κ3) is 2.10. The van der Waals surface area contributed by atoms with E-state index in [0.29, 0.717) is 0 Å². The second kappa shape index (κ2) is 5.14. The summed E-state index contributed by atoms with van der Waals surface area (Å²) in [7, 11) is 0. The normalized spacial score (nSPS) is 11.1. The van der Waals surface area contributed by atoms with Crippen molar-refractivity contribution in [2.24, 2.45) is 0 Å². The van der Waals surface area contributed by atoms with Gasteiger partial charge in [-0.25, -0.2) is 0 Å². The first-order valence-corrected chi connectivity index (χ1v) is 5.65. The summed E-state index contributed by atoms with van der Waals surface area (Å²) in [6, 6.07) is 8.09. The number of aliphatic hydroxyl groups excluding tert-OH is 2. The van der Waals surface area contributed by atoms with Crippen LogP contribution in [-0.2, 0) is 13.2 Å². The summed E-state index contributed by atoms with van der Waals surface area (Å²) in [6.45, 7) is 1.21. The van der Waals surface area contributed by atoms with E-state index in [1.54, 1.807) is 0 Å². The van der Waals surface area contributed by atoms with Crippen molar-refractivity contribution in [1.29, 1.82) is 0 Å². The van der Waals surface area contributed by atoms with Gasteiger partial charge in [-0.1, -0.05) is 18.2 Å². The molecule has 0 aliphatic rings. The lowest BCUT2D eigenvalue weighted by Crippen LogP contribution is -1.97. The van der Waals surface area contributed by atoms with E-state index >= 15 is 0 Å². The molecule has 0 fully saturated rings. The maximum atomic E-state index is 9.27. The van der Waals surface area contributed by atoms with Crippen LogP contribution in [0.5, 0.6) is 0 Å². The van der Waals surface area contributed by atoms with E-state index in [1.807, 2.05) is 24.4 Å². The van der Waals surface area contributed by atoms with Crippen LogP contribution in [0.1, 0.15) is 18.4 Å². The van der Waals surface area contributed by atoms with Crippen LogP contribution < -0.4 is 0 Å². The number of para-hydroxylation sites is 1. The van der Waals surface area contributed by atoms with Crippen molar-refractivity contribution in [3.05, 3.63) is 36.0 Å². The lowest BCUT2D eigenvalue weighted by Gasteiger charge is -2.03. The third-order valence-corrected chi connectivity index (χ3v) is 2.85. The van der Waals surface area contributed by atoms with Gasteiger partial charge in [0.05, 0.1) is 6.61 Å². The minimum absolute atomic E-state index is 0.0769. The third-order valence-electron chi connectivity index (χ3n) is 2.85. The molecule has 2 aromatic rings. The van der Waals surface area contributed by atoms with Crippen molar-refractivity contribution in [3.63, 3.8) is 0 Å². The zero-order chi connectivity index (χ0) is 11.4. The topological polar surface area (TPSA) is 45.4 Å². The Hall–Kier alpha value is -1.32. The lowest BCUT2D eigenvalue weighted by atomic mass is 10.2. The summed E-state index contributed by atoms with van der Waals surface area (Å²) in [5.41, 5.74) is 2.13. The molecular weight excluding hydrogens is 202 g/mol. The molecule has 2 N–H and O–H groups in total. The monoisotopic (exact) mass is 219 g/mol. The van der Waals surface area contributed by atoms with Gasteiger partial charge in [0.1, 0.15) is 0 Å². The molecule has 2 rings (SSSR count). The highest BCUT2D eigenvalue weighted by atomic mass is 16.3. The van der Waals surface area contributed by atoms with E-state index in [0.717, 1.165) is 35.9 Å². The number of fused-ring (bicyclic) bond motifs is 1. The van der Waals surface area contributed by atoms with Gasteiger partial charge in [-0.3, -0.25) is 0 Å². The van der Waals surface area contributed by atoms with Crippen molar-refractivity contribution >= 4 is 10.9 Å². The van der Waals surface area contributed by atoms with Crippen LogP contribution in [0.4, 0.5) is 0 Å². The molecule has 0 saturated heterocycles. The Bertz CT molecular complexity index is 462. The first kappa shape index (κ1) is 11.2. The second-order valence-corrected chi connectivity index (χ2v) is 3.95. The van der Waals surface area contributed by atoms with Gasteiger partial charge in [0.25, 0.3) is 0 Å². The van der Waals surface area contributed by atoms with Crippen LogP contribution >= 0.6 is 0 Å². The molecule has 0 radical (unpaired) electrons. The molecule has 0 bridgehead atoms. The predicted octanol–water partition coefficient (Wildman–Crippen LogP) is 1.91. The van der Waals surface area contributed by atoms with Crippen LogP contribution in [0.3, 0.4) is 0 Å². The predicted molar refractivity (Wildman–Crippen MR) is 64.2 cm³/mol. The van der Waals surface area contributed by atoms with E-state index in [2.05, 4.69) is 10.6 Å². The molecule has 3 heteroatoms. The second-order valence-electron chi connectivity index (χ2n) is 3.95. The molecule has 1 heterocycles. The molecule has 0 aliphatic heterocycles. The van der Waals surface area contributed by atoms with Gasteiger partial charge < -0.3 is 14.8 Å². The highest BCUT2D eigenvalue weighted by Crippen LogP contribution is 2.21. The number of aromatic nitrogens is 1. The van der Waals surface area contributed by atoms with Crippen molar-refractivity contribution in [1.82, 2.24) is 4.57 Å². The van der Waals surface area contributed by atoms with Crippen LogP contribution in [0.15, 0.2) is 30.5 Å². The highest BCUT2D eigenvalue weighted by Gasteiger charge is 2.06. The smallest absolute Gasteiger partial charge is 0.0702 e. The van der Waals surface area contributed by atoms with Gasteiger partial charge in [0.2, 0.25) is 0 Å². The quantitative estimate of drug-likeness (QED) is 0.754. The number of hydrogen-bond donors (Lipinski definition) is 2. The number of nitrogens with zero attached hydrogens (tertiary/aromatic N) is 1. The summed E-state index contributed by atoms with van der Waals surface area (Å²) in [6.07, 6.45) is 3.78. The maximum Gasteiger partial charge on any atom is 0.0702 e. The number of rotatable bonds is 5. The minimum Gasteiger partial charge on any atom is -0.396 e. The summed E-state index contributed by atoms with van der Waals surface area (Å²) in [5, 5.41) is 19.1. The molecule has 0 atom stereocenters. The number of benzene rings is 1. The zero-order valence-electron chi connectivity index (χ0n) is 9.26. The molecule has 3 nitrogen and oxygen atoms in total. The van der Waals surface area contributed by atoms with Gasteiger partial charge in [-0.15, -0.1) is 0 Å². The Labute approximate surface area is 94.9 Å². The first-order valence-electron chi connectivity index (χ1n) is 5.65. The van der Waals surface area contributed by atoms with E-state index in [4.69, 9.17) is 5.11 Å². The largest absolute Gasteiger partial charge is 0.396 e. The average molecular weight is 219 g/mol. The Morgan fingerprint density at radius 3 is 2.62 bits per heavy atom. The van der Waals surface area contributed by atoms with E-state index in [-0.39, 0.29) is 13.2 Å². The lowest BCUT2D eigenvalue weighted by molar-refractivity contribution is 0.279. The molecule has 1 aromatic heterocycles. The van der Waals surface area contributed by atoms with Crippen molar-refractivity contribution in [2.45, 2.75) is 26.0 Å². The SMILES string of the molecule is OCCCCn1cc(CO)c2ccccc21. The fraction of sp³-hybridized carbons (Fsp3) is 0.385. The first-order chi connectivity index (χ1) is 7.86. The molecule has 0 aliphatic carbocycles. The fourth-order valence-corrected chi connectivity index (χ4v) is 2.03. The fourth-order valence-electron chi connectivity index (χ4n) is 2.03. The summed E-state index contributed by atoms with van der Waals surface area (Å²) < 4.78 is 2.15. The minimum atomic E-state index is 0.0769. The standard InChI is InChI=1S/C13H17NO2/c15-8-4-3-7-14-9-11(10-16)12-5-1-2-6-13(12)14/h1-2,5-6,9,15-16H,3-4,7-8,10H2. The summed E-state index contributed by atoms with van der Waals surface area (Å²) >= 11 is 0. The Kier molecular flexibility index (Phi) is 3.59. The van der Waals surface area contributed by atoms with E-state index < -0.39 is 0 Å². The molecule has 0 spiro atoms. The molecule has 86 valence electrons. The number of hydrogen-bond acceptors (Lipinski definition) is 2. The highest BCUT2D eigenvalue weighted by molar-refractivity contribution is 5.83. The zero-order valence-corrected chi connectivity index (χ0v) is 9.26. The maximum absolute atomic E-state index is 9.27.